The maximum atomic E-state index is 10.5. The van der Waals surface area contributed by atoms with Crippen molar-refractivity contribution in [1.29, 1.82) is 0 Å². The summed E-state index contributed by atoms with van der Waals surface area (Å²) in [5.74, 6) is 1.06. The Balaban J connectivity index is 1.86. The Morgan fingerprint density at radius 3 is 3.25 bits per heavy atom. The summed E-state index contributed by atoms with van der Waals surface area (Å²) in [6, 6.07) is 0. The molecule has 3 rings (SSSR count). The molecule has 1 aliphatic rings. The van der Waals surface area contributed by atoms with Crippen molar-refractivity contribution in [3.63, 3.8) is 0 Å². The minimum atomic E-state index is -0.561. The Morgan fingerprint density at radius 1 is 1.69 bits per heavy atom. The zero-order valence-corrected chi connectivity index (χ0v) is 10.7. The van der Waals surface area contributed by atoms with E-state index in [9.17, 15) is 5.11 Å². The molecule has 0 aromatic carbocycles. The molecule has 1 saturated heterocycles. The molecule has 16 heavy (non-hydrogen) atoms. The standard InChI is InChI=1S/C11H14N2OS2/c1-8-11(14,2-4-15-8)6-9-7-13-3-5-16-10(13)12-9/h3,5,7-8,14H,2,4,6H2,1H3. The normalized spacial score (nSPS) is 30.2. The Labute approximate surface area is 103 Å². The van der Waals surface area contributed by atoms with Gasteiger partial charge in [-0.15, -0.1) is 11.3 Å². The van der Waals surface area contributed by atoms with E-state index in [4.69, 9.17) is 0 Å². The molecule has 1 aliphatic heterocycles. The van der Waals surface area contributed by atoms with Gasteiger partial charge in [0, 0.05) is 29.4 Å². The van der Waals surface area contributed by atoms with E-state index in [1.54, 1.807) is 11.3 Å². The highest BCUT2D eigenvalue weighted by molar-refractivity contribution is 8.00. The number of thioether (sulfide) groups is 1. The molecular weight excluding hydrogens is 240 g/mol. The molecule has 2 atom stereocenters. The van der Waals surface area contributed by atoms with E-state index in [0.717, 1.165) is 22.8 Å². The predicted molar refractivity (Wildman–Crippen MR) is 68.3 cm³/mol. The summed E-state index contributed by atoms with van der Waals surface area (Å²) in [5.41, 5.74) is 0.443. The van der Waals surface area contributed by atoms with Gasteiger partial charge in [-0.3, -0.25) is 4.40 Å². The number of aromatic nitrogens is 2. The van der Waals surface area contributed by atoms with Crippen molar-refractivity contribution in [3.8, 4) is 0 Å². The summed E-state index contributed by atoms with van der Waals surface area (Å²) < 4.78 is 2.02. The topological polar surface area (TPSA) is 37.5 Å². The number of hydrogen-bond acceptors (Lipinski definition) is 4. The van der Waals surface area contributed by atoms with Gasteiger partial charge in [-0.2, -0.15) is 11.8 Å². The first-order chi connectivity index (χ1) is 7.67. The van der Waals surface area contributed by atoms with Gasteiger partial charge < -0.3 is 5.11 Å². The third-order valence-electron chi connectivity index (χ3n) is 3.29. The molecule has 0 spiro atoms. The fourth-order valence-electron chi connectivity index (χ4n) is 2.18. The van der Waals surface area contributed by atoms with Crippen LogP contribution in [0, 0.1) is 0 Å². The molecule has 0 aliphatic carbocycles. The van der Waals surface area contributed by atoms with Crippen LogP contribution in [0.1, 0.15) is 19.0 Å². The maximum absolute atomic E-state index is 10.5. The molecule has 0 radical (unpaired) electrons. The average Bonchev–Trinajstić information content (AvgIpc) is 2.83. The first kappa shape index (κ1) is 10.6. The highest BCUT2D eigenvalue weighted by Crippen LogP contribution is 2.37. The second kappa shape index (κ2) is 3.75. The maximum Gasteiger partial charge on any atom is 0.193 e. The average molecular weight is 254 g/mol. The van der Waals surface area contributed by atoms with Gasteiger partial charge in [0.05, 0.1) is 11.3 Å². The molecule has 86 valence electrons. The van der Waals surface area contributed by atoms with Crippen LogP contribution in [0.5, 0.6) is 0 Å². The van der Waals surface area contributed by atoms with Crippen LogP contribution in [0.3, 0.4) is 0 Å². The van der Waals surface area contributed by atoms with E-state index in [1.807, 2.05) is 33.9 Å². The van der Waals surface area contributed by atoms with Gasteiger partial charge in [0.1, 0.15) is 0 Å². The van der Waals surface area contributed by atoms with Crippen molar-refractivity contribution in [2.24, 2.45) is 0 Å². The first-order valence-corrected chi connectivity index (χ1v) is 7.35. The summed E-state index contributed by atoms with van der Waals surface area (Å²) in [5, 5.41) is 12.8. The largest absolute Gasteiger partial charge is 0.388 e. The summed E-state index contributed by atoms with van der Waals surface area (Å²) in [4.78, 5) is 5.54. The lowest BCUT2D eigenvalue weighted by molar-refractivity contribution is 0.0456. The molecule has 0 bridgehead atoms. The fraction of sp³-hybridized carbons (Fsp3) is 0.545. The number of hydrogen-bond donors (Lipinski definition) is 1. The quantitative estimate of drug-likeness (QED) is 0.892. The second-order valence-corrected chi connectivity index (χ2v) is 6.69. The van der Waals surface area contributed by atoms with Crippen LogP contribution in [-0.4, -0.2) is 31.1 Å². The monoisotopic (exact) mass is 254 g/mol. The number of imidazole rings is 1. The molecule has 2 unspecified atom stereocenters. The van der Waals surface area contributed by atoms with Gasteiger partial charge in [-0.05, 0) is 12.2 Å². The van der Waals surface area contributed by atoms with Gasteiger partial charge >= 0.3 is 0 Å². The van der Waals surface area contributed by atoms with E-state index in [-0.39, 0.29) is 0 Å². The van der Waals surface area contributed by atoms with Gasteiger partial charge in [-0.25, -0.2) is 4.98 Å². The van der Waals surface area contributed by atoms with Crippen LogP contribution in [-0.2, 0) is 6.42 Å². The summed E-state index contributed by atoms with van der Waals surface area (Å²) in [6.45, 7) is 2.11. The Bertz CT molecular complexity index is 478. The second-order valence-electron chi connectivity index (χ2n) is 4.37. The highest BCUT2D eigenvalue weighted by Gasteiger charge is 2.39. The lowest BCUT2D eigenvalue weighted by atomic mass is 9.92. The Kier molecular flexibility index (Phi) is 2.49. The predicted octanol–water partition coefficient (Wildman–Crippen LogP) is 2.19. The van der Waals surface area contributed by atoms with Crippen molar-refractivity contribution < 1.29 is 5.11 Å². The van der Waals surface area contributed by atoms with Crippen molar-refractivity contribution >= 4 is 28.1 Å². The third-order valence-corrected chi connectivity index (χ3v) is 5.44. The minimum absolute atomic E-state index is 0.312. The molecule has 2 aromatic rings. The van der Waals surface area contributed by atoms with Gasteiger partial charge in [0.2, 0.25) is 0 Å². The number of fused-ring (bicyclic) bond motifs is 1. The summed E-state index contributed by atoms with van der Waals surface area (Å²) in [7, 11) is 0. The molecule has 5 heteroatoms. The van der Waals surface area contributed by atoms with Crippen molar-refractivity contribution in [2.75, 3.05) is 5.75 Å². The van der Waals surface area contributed by atoms with Crippen molar-refractivity contribution in [3.05, 3.63) is 23.5 Å². The molecule has 0 saturated carbocycles. The van der Waals surface area contributed by atoms with E-state index in [1.165, 1.54) is 0 Å². The fourth-order valence-corrected chi connectivity index (χ4v) is 4.23. The smallest absolute Gasteiger partial charge is 0.193 e. The lowest BCUT2D eigenvalue weighted by Crippen LogP contribution is -2.37. The number of rotatable bonds is 2. The van der Waals surface area contributed by atoms with E-state index in [2.05, 4.69) is 11.9 Å². The lowest BCUT2D eigenvalue weighted by Gasteiger charge is -2.25. The number of thiazole rings is 1. The molecule has 3 nitrogen and oxygen atoms in total. The van der Waals surface area contributed by atoms with Crippen molar-refractivity contribution in [2.45, 2.75) is 30.6 Å². The van der Waals surface area contributed by atoms with Gasteiger partial charge in [-0.1, -0.05) is 6.92 Å². The molecule has 1 fully saturated rings. The van der Waals surface area contributed by atoms with Crippen LogP contribution in [0.4, 0.5) is 0 Å². The zero-order valence-electron chi connectivity index (χ0n) is 9.09. The van der Waals surface area contributed by atoms with Crippen LogP contribution in [0.25, 0.3) is 4.96 Å². The minimum Gasteiger partial charge on any atom is -0.388 e. The molecule has 0 amide bonds. The summed E-state index contributed by atoms with van der Waals surface area (Å²) >= 11 is 3.48. The molecule has 1 N–H and O–H groups in total. The van der Waals surface area contributed by atoms with Crippen LogP contribution < -0.4 is 0 Å². The van der Waals surface area contributed by atoms with Crippen LogP contribution in [0.15, 0.2) is 17.8 Å². The van der Waals surface area contributed by atoms with E-state index < -0.39 is 5.60 Å². The van der Waals surface area contributed by atoms with E-state index in [0.29, 0.717) is 11.7 Å². The van der Waals surface area contributed by atoms with Crippen LogP contribution in [0.2, 0.25) is 0 Å². The molecule has 2 aromatic heterocycles. The molecular formula is C11H14N2OS2. The highest BCUT2D eigenvalue weighted by atomic mass is 32.2. The zero-order chi connectivity index (χ0) is 11.2. The third kappa shape index (κ3) is 1.67. The van der Waals surface area contributed by atoms with Gasteiger partial charge in [0.25, 0.3) is 0 Å². The van der Waals surface area contributed by atoms with Crippen LogP contribution >= 0.6 is 23.1 Å². The Hall–Kier alpha value is -0.520. The summed E-state index contributed by atoms with van der Waals surface area (Å²) in [6.07, 6.45) is 5.59. The SMILES string of the molecule is CC1SCCC1(O)Cc1cn2ccsc2n1. The first-order valence-electron chi connectivity index (χ1n) is 5.42. The van der Waals surface area contributed by atoms with Crippen molar-refractivity contribution in [1.82, 2.24) is 9.38 Å². The number of aliphatic hydroxyl groups is 1. The van der Waals surface area contributed by atoms with E-state index >= 15 is 0 Å². The van der Waals surface area contributed by atoms with Gasteiger partial charge in [0.15, 0.2) is 4.96 Å². The number of nitrogens with zero attached hydrogens (tertiary/aromatic N) is 2. The molecule has 3 heterocycles. The Morgan fingerprint density at radius 2 is 2.56 bits per heavy atom.